The van der Waals surface area contributed by atoms with Crippen LogP contribution in [0.15, 0.2) is 58.3 Å². The summed E-state index contributed by atoms with van der Waals surface area (Å²) in [6, 6.07) is 13.9. The first-order valence-corrected chi connectivity index (χ1v) is 7.64. The lowest BCUT2D eigenvalue weighted by Gasteiger charge is -2.06. The van der Waals surface area contributed by atoms with Crippen molar-refractivity contribution in [3.05, 3.63) is 57.7 Å². The van der Waals surface area contributed by atoms with Crippen molar-refractivity contribution in [3.63, 3.8) is 0 Å². The summed E-state index contributed by atoms with van der Waals surface area (Å²) < 4.78 is 25.5. The second-order valence-electron chi connectivity index (χ2n) is 3.75. The molecule has 2 aromatic carbocycles. The van der Waals surface area contributed by atoms with Gasteiger partial charge < -0.3 is 0 Å². The summed E-state index contributed by atoms with van der Waals surface area (Å²) in [7, 11) is -3.39. The first-order valence-electron chi connectivity index (χ1n) is 5.08. The fraction of sp³-hybridized carbons (Fsp3) is 0.0769. The lowest BCUT2D eigenvalue weighted by atomic mass is 10.2. The minimum atomic E-state index is -3.39. The van der Waals surface area contributed by atoms with Gasteiger partial charge in [0.25, 0.3) is 0 Å². The summed E-state index contributed by atoms with van der Waals surface area (Å²) in [4.78, 5) is 0.705. The SMILES string of the molecule is Cc1ccc(S(=O)(=O)c2ccccc2I)cc1. The number of aryl methyl sites for hydroxylation is 1. The number of hydrogen-bond donors (Lipinski definition) is 0. The minimum absolute atomic E-state index is 0.340. The highest BCUT2D eigenvalue weighted by Gasteiger charge is 2.19. The van der Waals surface area contributed by atoms with Crippen LogP contribution in [0.25, 0.3) is 0 Å². The van der Waals surface area contributed by atoms with Gasteiger partial charge in [0.05, 0.1) is 9.79 Å². The van der Waals surface area contributed by atoms with E-state index in [1.165, 1.54) is 0 Å². The molecule has 0 aliphatic heterocycles. The third kappa shape index (κ3) is 2.52. The Morgan fingerprint density at radius 1 is 0.941 bits per heavy atom. The molecule has 0 heterocycles. The van der Waals surface area contributed by atoms with Crippen LogP contribution in [-0.4, -0.2) is 8.42 Å². The van der Waals surface area contributed by atoms with Gasteiger partial charge in [-0.2, -0.15) is 0 Å². The standard InChI is InChI=1S/C13H11IO2S/c1-10-6-8-11(9-7-10)17(15,16)13-5-3-2-4-12(13)14/h2-9H,1H3. The molecule has 0 bridgehead atoms. The van der Waals surface area contributed by atoms with Crippen LogP contribution in [0.5, 0.6) is 0 Å². The summed E-state index contributed by atoms with van der Waals surface area (Å²) >= 11 is 2.04. The molecule has 0 aromatic heterocycles. The molecular formula is C13H11IO2S. The lowest BCUT2D eigenvalue weighted by molar-refractivity contribution is 0.595. The predicted molar refractivity (Wildman–Crippen MR) is 75.8 cm³/mol. The van der Waals surface area contributed by atoms with E-state index in [1.54, 1.807) is 30.3 Å². The summed E-state index contributed by atoms with van der Waals surface area (Å²) in [5.74, 6) is 0. The summed E-state index contributed by atoms with van der Waals surface area (Å²) in [5.41, 5.74) is 1.05. The third-order valence-electron chi connectivity index (χ3n) is 2.46. The number of benzene rings is 2. The number of halogens is 1. The lowest BCUT2D eigenvalue weighted by Crippen LogP contribution is -2.03. The zero-order valence-corrected chi connectivity index (χ0v) is 12.2. The van der Waals surface area contributed by atoms with Crippen molar-refractivity contribution in [2.24, 2.45) is 0 Å². The molecule has 0 atom stereocenters. The molecule has 0 amide bonds. The maximum Gasteiger partial charge on any atom is 0.207 e. The predicted octanol–water partition coefficient (Wildman–Crippen LogP) is 3.43. The van der Waals surface area contributed by atoms with E-state index in [0.29, 0.717) is 9.79 Å². The van der Waals surface area contributed by atoms with Crippen molar-refractivity contribution < 1.29 is 8.42 Å². The molecule has 2 aromatic rings. The van der Waals surface area contributed by atoms with Crippen LogP contribution < -0.4 is 0 Å². The molecule has 0 radical (unpaired) electrons. The first kappa shape index (κ1) is 12.6. The maximum atomic E-state index is 12.4. The Hall–Kier alpha value is -0.880. The van der Waals surface area contributed by atoms with Crippen LogP contribution in [0.1, 0.15) is 5.56 Å². The monoisotopic (exact) mass is 358 g/mol. The first-order chi connectivity index (χ1) is 8.01. The Morgan fingerprint density at radius 2 is 1.53 bits per heavy atom. The Balaban J connectivity index is 2.58. The molecule has 0 saturated heterocycles. The molecule has 0 aliphatic carbocycles. The van der Waals surface area contributed by atoms with Crippen molar-refractivity contribution in [2.45, 2.75) is 16.7 Å². The number of sulfone groups is 1. The van der Waals surface area contributed by atoms with E-state index in [1.807, 2.05) is 47.7 Å². The highest BCUT2D eigenvalue weighted by Crippen LogP contribution is 2.25. The second kappa shape index (κ2) is 4.78. The zero-order chi connectivity index (χ0) is 12.5. The fourth-order valence-corrected chi connectivity index (χ4v) is 4.09. The topological polar surface area (TPSA) is 34.1 Å². The van der Waals surface area contributed by atoms with E-state index in [9.17, 15) is 8.42 Å². The molecule has 0 fully saturated rings. The van der Waals surface area contributed by atoms with Crippen molar-refractivity contribution >= 4 is 32.4 Å². The molecule has 0 unspecified atom stereocenters. The average Bonchev–Trinajstić information content (AvgIpc) is 2.30. The van der Waals surface area contributed by atoms with Crippen molar-refractivity contribution in [1.82, 2.24) is 0 Å². The smallest absolute Gasteiger partial charge is 0.207 e. The molecule has 0 saturated carbocycles. The second-order valence-corrected chi connectivity index (χ2v) is 6.83. The molecule has 0 N–H and O–H groups in total. The maximum absolute atomic E-state index is 12.4. The highest BCUT2D eigenvalue weighted by atomic mass is 127. The molecule has 4 heteroatoms. The normalized spacial score (nSPS) is 11.4. The Morgan fingerprint density at radius 3 is 2.12 bits per heavy atom. The highest BCUT2D eigenvalue weighted by molar-refractivity contribution is 14.1. The molecule has 2 rings (SSSR count). The Labute approximate surface area is 115 Å². The quantitative estimate of drug-likeness (QED) is 0.771. The molecule has 0 aliphatic rings. The molecule has 2 nitrogen and oxygen atoms in total. The van der Waals surface area contributed by atoms with E-state index < -0.39 is 9.84 Å². The third-order valence-corrected chi connectivity index (χ3v) is 5.59. The van der Waals surface area contributed by atoms with E-state index >= 15 is 0 Å². The van der Waals surface area contributed by atoms with Crippen LogP contribution in [-0.2, 0) is 9.84 Å². The molecular weight excluding hydrogens is 347 g/mol. The van der Waals surface area contributed by atoms with Gasteiger partial charge in [0.15, 0.2) is 0 Å². The summed E-state index contributed by atoms with van der Waals surface area (Å²) in [6.07, 6.45) is 0. The van der Waals surface area contributed by atoms with Gasteiger partial charge in [0, 0.05) is 3.57 Å². The number of hydrogen-bond acceptors (Lipinski definition) is 2. The minimum Gasteiger partial charge on any atom is -0.218 e. The van der Waals surface area contributed by atoms with Crippen molar-refractivity contribution in [1.29, 1.82) is 0 Å². The van der Waals surface area contributed by atoms with Crippen molar-refractivity contribution in [3.8, 4) is 0 Å². The van der Waals surface area contributed by atoms with Crippen molar-refractivity contribution in [2.75, 3.05) is 0 Å². The summed E-state index contributed by atoms with van der Waals surface area (Å²) in [6.45, 7) is 1.93. The Bertz CT molecular complexity index is 631. The van der Waals surface area contributed by atoms with Gasteiger partial charge in [-0.25, -0.2) is 8.42 Å². The van der Waals surface area contributed by atoms with Crippen LogP contribution in [0.3, 0.4) is 0 Å². The van der Waals surface area contributed by atoms with Crippen LogP contribution in [0.2, 0.25) is 0 Å². The summed E-state index contributed by atoms with van der Waals surface area (Å²) in [5, 5.41) is 0. The van der Waals surface area contributed by atoms with Crippen LogP contribution in [0.4, 0.5) is 0 Å². The van der Waals surface area contributed by atoms with Gasteiger partial charge in [-0.15, -0.1) is 0 Å². The number of rotatable bonds is 2. The van der Waals surface area contributed by atoms with Gasteiger partial charge in [0.2, 0.25) is 9.84 Å². The van der Waals surface area contributed by atoms with E-state index in [-0.39, 0.29) is 0 Å². The van der Waals surface area contributed by atoms with Gasteiger partial charge in [0.1, 0.15) is 0 Å². The molecule has 17 heavy (non-hydrogen) atoms. The van der Waals surface area contributed by atoms with Gasteiger partial charge in [-0.05, 0) is 53.8 Å². The van der Waals surface area contributed by atoms with E-state index in [4.69, 9.17) is 0 Å². The van der Waals surface area contributed by atoms with Gasteiger partial charge >= 0.3 is 0 Å². The van der Waals surface area contributed by atoms with E-state index in [0.717, 1.165) is 9.13 Å². The largest absolute Gasteiger partial charge is 0.218 e. The Kier molecular flexibility index (Phi) is 3.53. The molecule has 88 valence electrons. The van der Waals surface area contributed by atoms with Crippen LogP contribution >= 0.6 is 22.6 Å². The van der Waals surface area contributed by atoms with Crippen LogP contribution in [0, 0.1) is 10.5 Å². The molecule has 0 spiro atoms. The fourth-order valence-electron chi connectivity index (χ4n) is 1.51. The van der Waals surface area contributed by atoms with Gasteiger partial charge in [-0.1, -0.05) is 29.8 Å². The van der Waals surface area contributed by atoms with E-state index in [2.05, 4.69) is 0 Å². The average molecular weight is 358 g/mol. The van der Waals surface area contributed by atoms with Gasteiger partial charge in [-0.3, -0.25) is 0 Å². The zero-order valence-electron chi connectivity index (χ0n) is 9.22.